The highest BCUT2D eigenvalue weighted by Gasteiger charge is 2.30. The number of carbonyl (C=O) groups excluding carboxylic acids is 1. The third-order valence-corrected chi connectivity index (χ3v) is 3.51. The van der Waals surface area contributed by atoms with E-state index in [0.29, 0.717) is 0 Å². The van der Waals surface area contributed by atoms with Crippen LogP contribution in [0.4, 0.5) is 5.82 Å². The van der Waals surface area contributed by atoms with E-state index in [2.05, 4.69) is 21.8 Å². The Kier molecular flexibility index (Phi) is 4.35. The Morgan fingerprint density at radius 1 is 1.47 bits per heavy atom. The van der Waals surface area contributed by atoms with Crippen molar-refractivity contribution in [3.8, 4) is 0 Å². The number of anilines is 1. The molecule has 0 N–H and O–H groups in total. The summed E-state index contributed by atoms with van der Waals surface area (Å²) in [5.74, 6) is 1.43. The van der Waals surface area contributed by atoms with Gasteiger partial charge in [-0.15, -0.1) is 0 Å². The minimum Gasteiger partial charge on any atom is -0.467 e. The number of esters is 1. The number of aryl methyl sites for hydroxylation is 2. The predicted octanol–water partition coefficient (Wildman–Crippen LogP) is 1.88. The Balaban J connectivity index is 2.31. The molecule has 1 saturated heterocycles. The van der Waals surface area contributed by atoms with Crippen molar-refractivity contribution in [2.45, 2.75) is 45.6 Å². The Labute approximate surface area is 114 Å². The van der Waals surface area contributed by atoms with E-state index in [1.807, 2.05) is 13.0 Å². The second kappa shape index (κ2) is 5.99. The molecule has 1 aromatic rings. The lowest BCUT2D eigenvalue weighted by Gasteiger charge is -2.34. The Morgan fingerprint density at radius 3 is 2.95 bits per heavy atom. The van der Waals surface area contributed by atoms with Crippen molar-refractivity contribution in [2.75, 3.05) is 18.6 Å². The molecule has 2 heterocycles. The molecule has 0 bridgehead atoms. The smallest absolute Gasteiger partial charge is 0.328 e. The zero-order valence-corrected chi connectivity index (χ0v) is 11.8. The van der Waals surface area contributed by atoms with Crippen molar-refractivity contribution >= 4 is 11.8 Å². The maximum atomic E-state index is 11.9. The number of nitrogens with zero attached hydrogens (tertiary/aromatic N) is 3. The van der Waals surface area contributed by atoms with E-state index in [1.165, 1.54) is 7.11 Å². The van der Waals surface area contributed by atoms with Gasteiger partial charge in [0.25, 0.3) is 0 Å². The van der Waals surface area contributed by atoms with Gasteiger partial charge in [-0.2, -0.15) is 0 Å². The highest BCUT2D eigenvalue weighted by Crippen LogP contribution is 2.24. The first-order valence-electron chi connectivity index (χ1n) is 6.84. The lowest BCUT2D eigenvalue weighted by Crippen LogP contribution is -2.46. The van der Waals surface area contributed by atoms with Crippen molar-refractivity contribution in [3.63, 3.8) is 0 Å². The van der Waals surface area contributed by atoms with Gasteiger partial charge in [0.2, 0.25) is 0 Å². The molecule has 1 atom stereocenters. The maximum Gasteiger partial charge on any atom is 0.328 e. The van der Waals surface area contributed by atoms with Gasteiger partial charge in [-0.3, -0.25) is 0 Å². The minimum absolute atomic E-state index is 0.172. The first-order chi connectivity index (χ1) is 9.15. The number of methoxy groups -OCH3 is 1. The van der Waals surface area contributed by atoms with E-state index in [1.54, 1.807) is 0 Å². The van der Waals surface area contributed by atoms with E-state index in [9.17, 15) is 4.79 Å². The number of carbonyl (C=O) groups is 1. The van der Waals surface area contributed by atoms with Gasteiger partial charge >= 0.3 is 5.97 Å². The number of hydrogen-bond acceptors (Lipinski definition) is 5. The van der Waals surface area contributed by atoms with Gasteiger partial charge in [0, 0.05) is 18.3 Å². The lowest BCUT2D eigenvalue weighted by atomic mass is 10.0. The topological polar surface area (TPSA) is 55.3 Å². The number of ether oxygens (including phenoxy) is 1. The zero-order valence-electron chi connectivity index (χ0n) is 11.8. The molecular formula is C14H21N3O2. The summed E-state index contributed by atoms with van der Waals surface area (Å²) in [6.45, 7) is 4.80. The molecule has 5 nitrogen and oxygen atoms in total. The van der Waals surface area contributed by atoms with Gasteiger partial charge in [0.15, 0.2) is 0 Å². The zero-order chi connectivity index (χ0) is 13.8. The second-order valence-electron chi connectivity index (χ2n) is 4.85. The minimum atomic E-state index is -0.210. The quantitative estimate of drug-likeness (QED) is 0.779. The van der Waals surface area contributed by atoms with Crippen LogP contribution in [0.5, 0.6) is 0 Å². The summed E-state index contributed by atoms with van der Waals surface area (Å²) in [4.78, 5) is 22.8. The van der Waals surface area contributed by atoms with Crippen LogP contribution in [-0.2, 0) is 16.0 Å². The Bertz CT molecular complexity index is 462. The number of rotatable bonds is 3. The van der Waals surface area contributed by atoms with Crippen molar-refractivity contribution in [1.29, 1.82) is 0 Å². The lowest BCUT2D eigenvalue weighted by molar-refractivity contribution is -0.142. The van der Waals surface area contributed by atoms with E-state index in [0.717, 1.165) is 49.6 Å². The summed E-state index contributed by atoms with van der Waals surface area (Å²) >= 11 is 0. The number of piperidine rings is 1. The van der Waals surface area contributed by atoms with Crippen LogP contribution in [-0.4, -0.2) is 35.6 Å². The normalized spacial score (nSPS) is 19.3. The maximum absolute atomic E-state index is 11.9. The van der Waals surface area contributed by atoms with Crippen LogP contribution in [0.25, 0.3) is 0 Å². The molecule has 0 aromatic carbocycles. The van der Waals surface area contributed by atoms with Gasteiger partial charge in [0.05, 0.1) is 7.11 Å². The molecule has 0 aliphatic carbocycles. The van der Waals surface area contributed by atoms with Crippen molar-refractivity contribution in [1.82, 2.24) is 9.97 Å². The average Bonchev–Trinajstić information content (AvgIpc) is 2.45. The van der Waals surface area contributed by atoms with Gasteiger partial charge in [0.1, 0.15) is 17.7 Å². The van der Waals surface area contributed by atoms with Gasteiger partial charge in [-0.25, -0.2) is 14.8 Å². The molecule has 0 amide bonds. The fourth-order valence-corrected chi connectivity index (χ4v) is 2.53. The SMILES string of the molecule is CCc1cc(N2CCCCC2C(=O)OC)nc(C)n1. The van der Waals surface area contributed by atoms with Crippen LogP contribution >= 0.6 is 0 Å². The summed E-state index contributed by atoms with van der Waals surface area (Å²) in [6, 6.07) is 1.77. The average molecular weight is 263 g/mol. The standard InChI is InChI=1S/C14H21N3O2/c1-4-11-9-13(16-10(2)15-11)17-8-6-5-7-12(17)14(18)19-3/h9,12H,4-8H2,1-3H3. The van der Waals surface area contributed by atoms with Crippen molar-refractivity contribution in [2.24, 2.45) is 0 Å². The first-order valence-corrected chi connectivity index (χ1v) is 6.84. The molecule has 1 aliphatic heterocycles. The Morgan fingerprint density at radius 2 is 2.26 bits per heavy atom. The molecule has 5 heteroatoms. The second-order valence-corrected chi connectivity index (χ2v) is 4.85. The van der Waals surface area contributed by atoms with Gasteiger partial charge in [-0.1, -0.05) is 6.92 Å². The highest BCUT2D eigenvalue weighted by molar-refractivity contribution is 5.79. The third-order valence-electron chi connectivity index (χ3n) is 3.51. The summed E-state index contributed by atoms with van der Waals surface area (Å²) in [5.41, 5.74) is 1.01. The predicted molar refractivity (Wildman–Crippen MR) is 73.1 cm³/mol. The molecule has 0 radical (unpaired) electrons. The molecule has 1 aliphatic rings. The fraction of sp³-hybridized carbons (Fsp3) is 0.643. The third kappa shape index (κ3) is 3.03. The monoisotopic (exact) mass is 263 g/mol. The number of hydrogen-bond donors (Lipinski definition) is 0. The molecule has 19 heavy (non-hydrogen) atoms. The molecule has 1 unspecified atom stereocenters. The Hall–Kier alpha value is -1.65. The van der Waals surface area contributed by atoms with Crippen LogP contribution in [0.1, 0.15) is 37.7 Å². The summed E-state index contributed by atoms with van der Waals surface area (Å²) in [7, 11) is 1.44. The van der Waals surface area contributed by atoms with Crippen molar-refractivity contribution in [3.05, 3.63) is 17.6 Å². The largest absolute Gasteiger partial charge is 0.467 e. The molecule has 1 fully saturated rings. The fourth-order valence-electron chi connectivity index (χ4n) is 2.53. The summed E-state index contributed by atoms with van der Waals surface area (Å²) in [6.07, 6.45) is 3.84. The van der Waals surface area contributed by atoms with Crippen LogP contribution in [0, 0.1) is 6.92 Å². The molecule has 2 rings (SSSR count). The summed E-state index contributed by atoms with van der Waals surface area (Å²) in [5, 5.41) is 0. The molecule has 0 spiro atoms. The van der Waals surface area contributed by atoms with E-state index >= 15 is 0 Å². The molecular weight excluding hydrogens is 242 g/mol. The van der Waals surface area contributed by atoms with E-state index in [-0.39, 0.29) is 12.0 Å². The molecule has 0 saturated carbocycles. The molecule has 104 valence electrons. The van der Waals surface area contributed by atoms with Crippen LogP contribution in [0.15, 0.2) is 6.07 Å². The highest BCUT2D eigenvalue weighted by atomic mass is 16.5. The molecule has 1 aromatic heterocycles. The van der Waals surface area contributed by atoms with Crippen LogP contribution < -0.4 is 4.90 Å². The van der Waals surface area contributed by atoms with Gasteiger partial charge in [-0.05, 0) is 32.6 Å². The summed E-state index contributed by atoms with van der Waals surface area (Å²) < 4.78 is 4.90. The first kappa shape index (κ1) is 13.8. The van der Waals surface area contributed by atoms with E-state index < -0.39 is 0 Å². The van der Waals surface area contributed by atoms with Gasteiger partial charge < -0.3 is 9.64 Å². The van der Waals surface area contributed by atoms with Crippen molar-refractivity contribution < 1.29 is 9.53 Å². The van der Waals surface area contributed by atoms with Crippen LogP contribution in [0.3, 0.4) is 0 Å². The number of aromatic nitrogens is 2. The van der Waals surface area contributed by atoms with E-state index in [4.69, 9.17) is 4.74 Å². The van der Waals surface area contributed by atoms with Crippen LogP contribution in [0.2, 0.25) is 0 Å².